The van der Waals surface area contributed by atoms with Crippen LogP contribution in [0.3, 0.4) is 0 Å². The number of hydrogen-bond acceptors (Lipinski definition) is 5. The summed E-state index contributed by atoms with van der Waals surface area (Å²) >= 11 is 0. The summed E-state index contributed by atoms with van der Waals surface area (Å²) in [6.45, 7) is 0. The molecule has 1 unspecified atom stereocenters. The second kappa shape index (κ2) is 6.77. The number of nitrogens with zero attached hydrogens (tertiary/aromatic N) is 1. The van der Waals surface area contributed by atoms with E-state index in [1.807, 2.05) is 42.5 Å². The third-order valence-electron chi connectivity index (χ3n) is 5.99. The maximum Gasteiger partial charge on any atom is 0.476 e. The van der Waals surface area contributed by atoms with E-state index in [1.54, 1.807) is 6.26 Å². The molecule has 28 heavy (non-hydrogen) atoms. The van der Waals surface area contributed by atoms with E-state index >= 15 is 0 Å². The molecule has 1 fully saturated rings. The fourth-order valence-corrected chi connectivity index (χ4v) is 4.67. The van der Waals surface area contributed by atoms with Gasteiger partial charge in [0.15, 0.2) is 0 Å². The second-order valence-corrected chi connectivity index (χ2v) is 7.47. The zero-order valence-corrected chi connectivity index (χ0v) is 15.1. The molecule has 2 N–H and O–H groups in total. The molecular weight excluding hydrogens is 357 g/mol. The van der Waals surface area contributed by atoms with Crippen LogP contribution in [0, 0.1) is 0 Å². The molecule has 0 spiro atoms. The van der Waals surface area contributed by atoms with Crippen molar-refractivity contribution in [3.8, 4) is 0 Å². The molecule has 6 nitrogen and oxygen atoms in total. The molecule has 4 atom stereocenters. The number of fused-ring (bicyclic) bond motifs is 6. The molecule has 2 aromatic carbocycles. The Labute approximate surface area is 162 Å². The zero-order chi connectivity index (χ0) is 19.3. The van der Waals surface area contributed by atoms with Crippen molar-refractivity contribution in [3.05, 3.63) is 71.5 Å². The van der Waals surface area contributed by atoms with Crippen molar-refractivity contribution in [2.24, 2.45) is 0 Å². The average molecular weight is 377 g/mol. The molecule has 1 amide bonds. The first kappa shape index (κ1) is 17.5. The molecule has 7 heteroatoms. The number of carbonyl (C=O) groups excluding carboxylic acids is 1. The van der Waals surface area contributed by atoms with Crippen LogP contribution in [0.4, 0.5) is 0 Å². The van der Waals surface area contributed by atoms with Gasteiger partial charge in [-0.1, -0.05) is 42.5 Å². The standard InChI is InChI=1S/C21H20BNO5/c24-12-23(17-10-19-15-6-1-2-7-16(15)21(17)28-19)20(22(25)26)9-13-11-27-18-8-4-3-5-14(13)18/h1-8,11-12,17,19-21,25-26H,9-10H2/t17?,19-,20-,21+/m0/s1. The molecule has 2 bridgehead atoms. The van der Waals surface area contributed by atoms with Crippen molar-refractivity contribution in [1.29, 1.82) is 0 Å². The van der Waals surface area contributed by atoms with Crippen LogP contribution in [0.25, 0.3) is 11.0 Å². The lowest BCUT2D eigenvalue weighted by Gasteiger charge is -2.36. The Balaban J connectivity index is 1.45. The summed E-state index contributed by atoms with van der Waals surface area (Å²) in [4.78, 5) is 13.6. The third kappa shape index (κ3) is 2.66. The highest BCUT2D eigenvalue weighted by molar-refractivity contribution is 6.43. The van der Waals surface area contributed by atoms with E-state index in [4.69, 9.17) is 9.15 Å². The predicted molar refractivity (Wildman–Crippen MR) is 103 cm³/mol. The number of furan rings is 1. The van der Waals surface area contributed by atoms with Gasteiger partial charge in [0.25, 0.3) is 0 Å². The summed E-state index contributed by atoms with van der Waals surface area (Å²) in [6, 6.07) is 15.4. The minimum Gasteiger partial charge on any atom is -0.464 e. The van der Waals surface area contributed by atoms with Gasteiger partial charge in [-0.05, 0) is 29.2 Å². The van der Waals surface area contributed by atoms with E-state index in [1.165, 1.54) is 4.90 Å². The number of carbonyl (C=O) groups is 1. The first-order valence-corrected chi connectivity index (χ1v) is 9.45. The molecule has 142 valence electrons. The Hall–Kier alpha value is -2.61. The van der Waals surface area contributed by atoms with Crippen LogP contribution in [-0.2, 0) is 16.0 Å². The highest BCUT2D eigenvalue weighted by Crippen LogP contribution is 2.52. The second-order valence-electron chi connectivity index (χ2n) is 7.47. The minimum atomic E-state index is -1.67. The van der Waals surface area contributed by atoms with Gasteiger partial charge in [0.1, 0.15) is 11.7 Å². The van der Waals surface area contributed by atoms with Crippen LogP contribution in [0.2, 0.25) is 0 Å². The van der Waals surface area contributed by atoms with Crippen molar-refractivity contribution in [3.63, 3.8) is 0 Å². The number of para-hydroxylation sites is 1. The largest absolute Gasteiger partial charge is 0.476 e. The molecule has 2 aliphatic heterocycles. The molecule has 1 saturated heterocycles. The number of hydrogen-bond donors (Lipinski definition) is 2. The minimum absolute atomic E-state index is 0.0557. The summed E-state index contributed by atoms with van der Waals surface area (Å²) in [7, 11) is -1.67. The maximum atomic E-state index is 12.0. The van der Waals surface area contributed by atoms with Crippen LogP contribution in [-0.4, -0.2) is 40.5 Å². The molecular formula is C21H20BNO5. The fraction of sp³-hybridized carbons (Fsp3) is 0.286. The van der Waals surface area contributed by atoms with Crippen molar-refractivity contribution >= 4 is 24.5 Å². The quantitative estimate of drug-likeness (QED) is 0.509. The summed E-state index contributed by atoms with van der Waals surface area (Å²) in [5.41, 5.74) is 3.82. The highest BCUT2D eigenvalue weighted by atomic mass is 16.5. The summed E-state index contributed by atoms with van der Waals surface area (Å²) < 4.78 is 11.7. The van der Waals surface area contributed by atoms with Crippen molar-refractivity contribution in [1.82, 2.24) is 4.90 Å². The van der Waals surface area contributed by atoms with E-state index in [2.05, 4.69) is 6.07 Å². The average Bonchev–Trinajstić information content (AvgIpc) is 3.42. The van der Waals surface area contributed by atoms with Gasteiger partial charge in [0.05, 0.1) is 24.4 Å². The number of rotatable bonds is 6. The summed E-state index contributed by atoms with van der Waals surface area (Å²) in [6.07, 6.45) is 2.96. The SMILES string of the molecule is O=CN(C1C[C@@H]2O[C@@H]1c1ccccc12)[C@@H](Cc1coc2ccccc12)B(O)O. The molecule has 2 aliphatic rings. The molecule has 3 heterocycles. The highest BCUT2D eigenvalue weighted by Gasteiger charge is 2.49. The van der Waals surface area contributed by atoms with Gasteiger partial charge in [-0.3, -0.25) is 4.79 Å². The number of benzene rings is 2. The lowest BCUT2D eigenvalue weighted by Crippen LogP contribution is -2.53. The van der Waals surface area contributed by atoms with Gasteiger partial charge < -0.3 is 24.1 Å². The topological polar surface area (TPSA) is 83.1 Å². The Kier molecular flexibility index (Phi) is 4.23. The Morgan fingerprint density at radius 3 is 2.68 bits per heavy atom. The van der Waals surface area contributed by atoms with E-state index in [0.29, 0.717) is 12.8 Å². The maximum absolute atomic E-state index is 12.0. The third-order valence-corrected chi connectivity index (χ3v) is 5.99. The molecule has 3 aromatic rings. The smallest absolute Gasteiger partial charge is 0.464 e. The molecule has 0 saturated carbocycles. The molecule has 1 aromatic heterocycles. The summed E-state index contributed by atoms with van der Waals surface area (Å²) in [5.74, 6) is -0.793. The van der Waals surface area contributed by atoms with Crippen LogP contribution >= 0.6 is 0 Å². The first-order chi connectivity index (χ1) is 13.7. The van der Waals surface area contributed by atoms with Crippen molar-refractivity contribution < 1.29 is 24.0 Å². The normalized spacial score (nSPS) is 23.6. The van der Waals surface area contributed by atoms with E-state index in [0.717, 1.165) is 27.7 Å². The fourth-order valence-electron chi connectivity index (χ4n) is 4.67. The van der Waals surface area contributed by atoms with E-state index in [-0.39, 0.29) is 24.7 Å². The molecule has 5 rings (SSSR count). The van der Waals surface area contributed by atoms with Gasteiger partial charge >= 0.3 is 7.12 Å². The van der Waals surface area contributed by atoms with Crippen LogP contribution in [0.1, 0.15) is 35.3 Å². The Morgan fingerprint density at radius 2 is 1.89 bits per heavy atom. The first-order valence-electron chi connectivity index (χ1n) is 9.45. The lowest BCUT2D eigenvalue weighted by atomic mass is 9.73. The zero-order valence-electron chi connectivity index (χ0n) is 15.1. The number of ether oxygens (including phenoxy) is 1. The van der Waals surface area contributed by atoms with Crippen LogP contribution in [0.5, 0.6) is 0 Å². The van der Waals surface area contributed by atoms with E-state index < -0.39 is 13.1 Å². The Morgan fingerprint density at radius 1 is 1.14 bits per heavy atom. The van der Waals surface area contributed by atoms with Crippen LogP contribution < -0.4 is 0 Å². The molecule has 0 radical (unpaired) electrons. The van der Waals surface area contributed by atoms with Crippen molar-refractivity contribution in [2.75, 3.05) is 0 Å². The van der Waals surface area contributed by atoms with Crippen LogP contribution in [0.15, 0.2) is 59.2 Å². The van der Waals surface area contributed by atoms with Gasteiger partial charge in [0, 0.05) is 11.8 Å². The number of amides is 1. The summed E-state index contributed by atoms with van der Waals surface area (Å²) in [5, 5.41) is 21.1. The van der Waals surface area contributed by atoms with Gasteiger partial charge in [0.2, 0.25) is 6.41 Å². The Bertz CT molecular complexity index is 1020. The monoisotopic (exact) mass is 377 g/mol. The van der Waals surface area contributed by atoms with Gasteiger partial charge in [-0.25, -0.2) is 0 Å². The van der Waals surface area contributed by atoms with Gasteiger partial charge in [-0.15, -0.1) is 0 Å². The lowest BCUT2D eigenvalue weighted by molar-refractivity contribution is -0.123. The van der Waals surface area contributed by atoms with E-state index in [9.17, 15) is 14.8 Å². The molecule has 0 aliphatic carbocycles. The van der Waals surface area contributed by atoms with Gasteiger partial charge in [-0.2, -0.15) is 0 Å². The van der Waals surface area contributed by atoms with Crippen molar-refractivity contribution in [2.45, 2.75) is 37.0 Å². The predicted octanol–water partition coefficient (Wildman–Crippen LogP) is 2.40.